The van der Waals surface area contributed by atoms with Gasteiger partial charge >= 0.3 is 29.6 Å². The van der Waals surface area contributed by atoms with Gasteiger partial charge in [-0.25, -0.2) is 0 Å². The fraction of sp³-hybridized carbons (Fsp3) is 0.194. The van der Waals surface area contributed by atoms with Crippen molar-refractivity contribution in [2.45, 2.75) is 62.7 Å². The van der Waals surface area contributed by atoms with Crippen LogP contribution in [0, 0.1) is 0 Å². The van der Waals surface area contributed by atoms with Crippen LogP contribution in [-0.4, -0.2) is 158 Å². The third-order valence-corrected chi connectivity index (χ3v) is 25.8. The number of carboxylic acid groups (broad SMARTS) is 1. The van der Waals surface area contributed by atoms with Crippen molar-refractivity contribution < 1.29 is 73.0 Å². The van der Waals surface area contributed by atoms with Gasteiger partial charge in [0.25, 0.3) is 35.4 Å². The number of aromatic carboxylic acids is 1. The van der Waals surface area contributed by atoms with Crippen molar-refractivity contribution in [3.63, 3.8) is 0 Å². The number of nitrogens with zero attached hydrogens (tertiary/aromatic N) is 3. The topological polar surface area (TPSA) is 348 Å². The summed E-state index contributed by atoms with van der Waals surface area (Å²) >= 11 is 1.74. The summed E-state index contributed by atoms with van der Waals surface area (Å²) in [7, 11) is 1.68. The van der Waals surface area contributed by atoms with Crippen LogP contribution < -0.4 is 71.3 Å². The number of benzene rings is 9. The van der Waals surface area contributed by atoms with E-state index in [0.717, 1.165) is 178 Å². The molecule has 1 saturated heterocycles. The number of methoxy groups -OCH3 is 1. The summed E-state index contributed by atoms with van der Waals surface area (Å²) in [5.41, 5.74) is 29.3. The number of thioether (sulfide) groups is 1. The van der Waals surface area contributed by atoms with Crippen LogP contribution in [0.4, 0.5) is 0 Å². The number of rotatable bonds is 11. The maximum atomic E-state index is 12.3. The standard InChI is InChI=1S/C23H25N3O.C18H16N2O2.C18H16N2OS.2C16H13N3O.C12H10N2O3.Na/c27-23-19-4-3-5-20-21(19)18(10-12-24-23)22(25-20)17-8-6-16(7-9-17)11-15-26-13-1-2-14-26;2*1-22-15-8-3-2-5-11(15)17-12-9-10-19-18(21)13-6-4-7-14(20-17)16(12)13;20-16-12-4-1-5-13-14(12)11(6-8-18-16)15(19-13)10-3-2-7-17-9-10;20-16-12-2-1-3-13-14(12)11(6-9-18-16)15(19-13)10-4-7-17-8-5-10;15-11-7-2-1-3-8-9(7)6(4-5-13-11)10(14-8)12(16)17;/h3-9,25H,1-2,10-15H2,(H,24,27);2*2-8,20H,9-10H2,1H3,(H,19,21);1-5,7,9,19H,6,8H2,(H,18,20);1-5,7-8,19H,6,9H2,(H,18,20);1-3,14H,4-5H2,(H,13,15)(H,16,17);/q;;;;;;+1/p-1. The monoisotopic (exact) mass is 1740 g/mol. The molecule has 640 valence electrons. The normalized spacial score (nSPS) is 14.6. The van der Waals surface area contributed by atoms with E-state index in [4.69, 9.17) is 4.74 Å². The summed E-state index contributed by atoms with van der Waals surface area (Å²) in [5, 5.41) is 34.6. The van der Waals surface area contributed by atoms with Gasteiger partial charge < -0.3 is 81.3 Å². The molecule has 17 aromatic rings. The van der Waals surface area contributed by atoms with Crippen LogP contribution in [-0.2, 0) is 44.9 Å². The van der Waals surface area contributed by atoms with Gasteiger partial charge in [0.15, 0.2) is 0 Å². The Hall–Kier alpha value is -14.1. The Morgan fingerprint density at radius 3 is 1.12 bits per heavy atom. The maximum Gasteiger partial charge on any atom is 1.00 e. The third-order valence-electron chi connectivity index (χ3n) is 25.0. The number of hydrogen-bond acceptors (Lipinski definition) is 13. The second kappa shape index (κ2) is 37.8. The smallest absolute Gasteiger partial charge is 0.543 e. The summed E-state index contributed by atoms with van der Waals surface area (Å²) < 4.78 is 5.49. The van der Waals surface area contributed by atoms with Gasteiger partial charge in [-0.2, -0.15) is 0 Å². The van der Waals surface area contributed by atoms with E-state index in [-0.39, 0.29) is 70.7 Å². The molecule has 0 aliphatic carbocycles. The van der Waals surface area contributed by atoms with Crippen molar-refractivity contribution in [1.29, 1.82) is 0 Å². The first-order chi connectivity index (χ1) is 62.7. The second-order valence-electron chi connectivity index (χ2n) is 32.4. The fourth-order valence-electron chi connectivity index (χ4n) is 19.1. The number of carbonyl (C=O) groups is 7. The van der Waals surface area contributed by atoms with Crippen LogP contribution in [0.15, 0.2) is 236 Å². The average Bonchev–Trinajstić information content (AvgIpc) is 1.59. The number of ether oxygens (including phenoxy) is 1. The molecule has 9 aromatic carbocycles. The summed E-state index contributed by atoms with van der Waals surface area (Å²) in [4.78, 5) is 116. The molecule has 0 saturated carbocycles. The molecule has 6 amide bonds. The number of carboxylic acids is 1. The molecule has 15 heterocycles. The molecule has 12 N–H and O–H groups in total. The fourth-order valence-corrected chi connectivity index (χ4v) is 19.8. The van der Waals surface area contributed by atoms with Crippen molar-refractivity contribution in [3.8, 4) is 62.0 Å². The van der Waals surface area contributed by atoms with Gasteiger partial charge in [0.05, 0.1) is 35.9 Å². The van der Waals surface area contributed by atoms with Crippen LogP contribution in [0.3, 0.4) is 0 Å². The first kappa shape index (κ1) is 85.7. The van der Waals surface area contributed by atoms with Gasteiger partial charge in [-0.15, -0.1) is 11.8 Å². The minimum Gasteiger partial charge on any atom is -0.543 e. The minimum atomic E-state index is -1.24. The van der Waals surface area contributed by atoms with E-state index in [1.807, 2.05) is 140 Å². The quantitative estimate of drug-likeness (QED) is 0.0424. The third kappa shape index (κ3) is 17.0. The molecule has 129 heavy (non-hydrogen) atoms. The molecule has 24 nitrogen and oxygen atoms in total. The molecule has 0 unspecified atom stereocenters. The SMILES string of the molecule is COc1ccccc1-c1[nH]c2cccc3c2c1CCNC3=O.CSc1ccccc1-c1[nH]c2cccc3c2c1CCNC3=O.O=C([O-])c1[nH]c2cccc3c2c1CCNC3=O.O=C1NCCc2c(-c3ccc(CCN4CCCC4)cc3)[nH]c3cccc1c23.O=C1NCCc2c(-c3cccnc3)[nH]c3cccc1c23.O=C1NCCc2c(-c3ccncc3)[nH]c3cccc1c23.[Na+]. The molecule has 7 aliphatic heterocycles. The molecule has 1 fully saturated rings. The summed E-state index contributed by atoms with van der Waals surface area (Å²) in [6.45, 7) is 7.43. The van der Waals surface area contributed by atoms with Crippen LogP contribution >= 0.6 is 11.8 Å². The van der Waals surface area contributed by atoms with E-state index < -0.39 is 5.97 Å². The largest absolute Gasteiger partial charge is 1.00 e. The molecular weight excluding hydrogens is 1650 g/mol. The van der Waals surface area contributed by atoms with Crippen molar-refractivity contribution in [3.05, 3.63) is 309 Å². The van der Waals surface area contributed by atoms with Gasteiger partial charge in [-0.05, 0) is 237 Å². The Labute approximate surface area is 768 Å². The molecular formula is C103H92N15NaO9S. The molecule has 26 heteroatoms. The molecule has 24 rings (SSSR count). The number of carbonyl (C=O) groups excluding carboxylic acids is 7. The molecule has 0 radical (unpaired) electrons. The zero-order chi connectivity index (χ0) is 87.5. The van der Waals surface area contributed by atoms with E-state index in [1.165, 1.54) is 75.3 Å². The molecule has 0 bridgehead atoms. The van der Waals surface area contributed by atoms with Crippen LogP contribution in [0.25, 0.3) is 122 Å². The van der Waals surface area contributed by atoms with E-state index in [2.05, 4.69) is 138 Å². The van der Waals surface area contributed by atoms with Gasteiger partial charge in [-0.1, -0.05) is 91.0 Å². The van der Waals surface area contributed by atoms with Gasteiger partial charge in [0, 0.05) is 208 Å². The molecule has 0 atom stereocenters. The summed E-state index contributed by atoms with van der Waals surface area (Å²) in [6, 6.07) is 67.7. The van der Waals surface area contributed by atoms with Crippen LogP contribution in [0.2, 0.25) is 0 Å². The Morgan fingerprint density at radius 1 is 0.364 bits per heavy atom. The molecule has 0 spiro atoms. The van der Waals surface area contributed by atoms with E-state index >= 15 is 0 Å². The van der Waals surface area contributed by atoms with Crippen molar-refractivity contribution in [2.24, 2.45) is 0 Å². The number of nitrogens with one attached hydrogen (secondary N) is 12. The van der Waals surface area contributed by atoms with E-state index in [0.29, 0.717) is 67.7 Å². The Morgan fingerprint density at radius 2 is 0.713 bits per heavy atom. The Bertz CT molecular complexity index is 6920. The van der Waals surface area contributed by atoms with Crippen molar-refractivity contribution >= 4 is 119 Å². The number of amides is 6. The van der Waals surface area contributed by atoms with Gasteiger partial charge in [-0.3, -0.25) is 38.7 Å². The Balaban J connectivity index is 0.000000105. The average molecular weight is 1740 g/mol. The molecule has 8 aromatic heterocycles. The van der Waals surface area contributed by atoms with Crippen LogP contribution in [0.5, 0.6) is 5.75 Å². The van der Waals surface area contributed by atoms with Crippen LogP contribution in [0.1, 0.15) is 124 Å². The number of hydrogen-bond donors (Lipinski definition) is 12. The number of aromatic amines is 6. The number of pyridine rings is 2. The van der Waals surface area contributed by atoms with Crippen molar-refractivity contribution in [2.75, 3.05) is 72.3 Å². The Kier molecular flexibility index (Phi) is 25.1. The number of para-hydroxylation sites is 1. The zero-order valence-corrected chi connectivity index (χ0v) is 74.4. The number of likely N-dealkylation sites (tertiary alicyclic amines) is 1. The van der Waals surface area contributed by atoms with E-state index in [9.17, 15) is 38.7 Å². The van der Waals surface area contributed by atoms with Crippen molar-refractivity contribution in [1.82, 2.24) is 76.7 Å². The predicted octanol–water partition coefficient (Wildman–Crippen LogP) is 12.6. The minimum absolute atomic E-state index is 0. The zero-order valence-electron chi connectivity index (χ0n) is 71.6. The first-order valence-corrected chi connectivity index (χ1v) is 44.6. The van der Waals surface area contributed by atoms with Gasteiger partial charge in [0.1, 0.15) is 5.75 Å². The number of aromatic nitrogens is 8. The van der Waals surface area contributed by atoms with E-state index in [1.54, 1.807) is 55.7 Å². The maximum absolute atomic E-state index is 12.3. The predicted molar refractivity (Wildman–Crippen MR) is 501 cm³/mol. The van der Waals surface area contributed by atoms with Gasteiger partial charge in [0.2, 0.25) is 0 Å². The summed E-state index contributed by atoms with van der Waals surface area (Å²) in [5.74, 6) is -0.518. The number of H-pyrrole nitrogens is 6. The first-order valence-electron chi connectivity index (χ1n) is 43.4. The molecule has 7 aliphatic rings. The second-order valence-corrected chi connectivity index (χ2v) is 33.3. The summed E-state index contributed by atoms with van der Waals surface area (Å²) in [6.07, 6.45) is 17.7.